The number of para-hydroxylation sites is 2. The van der Waals surface area contributed by atoms with Crippen molar-refractivity contribution in [1.29, 1.82) is 0 Å². The van der Waals surface area contributed by atoms with Gasteiger partial charge in [0.1, 0.15) is 11.5 Å². The summed E-state index contributed by atoms with van der Waals surface area (Å²) in [6, 6.07) is 15.6. The number of aromatic amines is 1. The molecule has 4 rings (SSSR count). The molecule has 0 fully saturated rings. The van der Waals surface area contributed by atoms with Gasteiger partial charge in [-0.2, -0.15) is 5.10 Å². The van der Waals surface area contributed by atoms with E-state index in [1.165, 1.54) is 12.1 Å². The van der Waals surface area contributed by atoms with Gasteiger partial charge >= 0.3 is 0 Å². The molecule has 0 saturated heterocycles. The van der Waals surface area contributed by atoms with E-state index in [0.29, 0.717) is 17.9 Å². The number of aromatic nitrogens is 2. The number of H-pyrrole nitrogens is 1. The van der Waals surface area contributed by atoms with E-state index in [9.17, 15) is 9.18 Å². The second-order valence-electron chi connectivity index (χ2n) is 6.04. The lowest BCUT2D eigenvalue weighted by Crippen LogP contribution is -2.42. The van der Waals surface area contributed by atoms with Gasteiger partial charge in [0.15, 0.2) is 0 Å². The molecule has 0 saturated carbocycles. The minimum atomic E-state index is -0.301. The van der Waals surface area contributed by atoms with Crippen molar-refractivity contribution in [2.24, 2.45) is 0 Å². The summed E-state index contributed by atoms with van der Waals surface area (Å²) >= 11 is 0. The van der Waals surface area contributed by atoms with Crippen molar-refractivity contribution in [2.75, 3.05) is 29.9 Å². The van der Waals surface area contributed by atoms with Gasteiger partial charge < -0.3 is 9.80 Å². The summed E-state index contributed by atoms with van der Waals surface area (Å²) in [6.07, 6.45) is 0. The largest absolute Gasteiger partial charge is 0.371 e. The Morgan fingerprint density at radius 2 is 1.80 bits per heavy atom. The van der Waals surface area contributed by atoms with Crippen molar-refractivity contribution in [1.82, 2.24) is 10.2 Å². The van der Waals surface area contributed by atoms with Gasteiger partial charge in [-0.25, -0.2) is 4.39 Å². The minimum absolute atomic E-state index is 0.124. The minimum Gasteiger partial charge on any atom is -0.371 e. The Kier molecular flexibility index (Phi) is 3.72. The van der Waals surface area contributed by atoms with Crippen molar-refractivity contribution < 1.29 is 9.18 Å². The predicted molar refractivity (Wildman–Crippen MR) is 95.4 cm³/mol. The quantitative estimate of drug-likeness (QED) is 0.781. The second-order valence-corrected chi connectivity index (χ2v) is 6.04. The van der Waals surface area contributed by atoms with Gasteiger partial charge in [-0.3, -0.25) is 9.89 Å². The van der Waals surface area contributed by atoms with Gasteiger partial charge in [0.25, 0.3) is 5.91 Å². The van der Waals surface area contributed by atoms with Gasteiger partial charge in [-0.05, 0) is 42.5 Å². The molecule has 5 nitrogen and oxygen atoms in total. The molecular weight excluding hydrogens is 319 g/mol. The fourth-order valence-electron chi connectivity index (χ4n) is 3.06. The normalized spacial score (nSPS) is 13.7. The molecule has 0 radical (unpaired) electrons. The highest BCUT2D eigenvalue weighted by Gasteiger charge is 2.26. The van der Waals surface area contributed by atoms with E-state index in [-0.39, 0.29) is 11.7 Å². The lowest BCUT2D eigenvalue weighted by molar-refractivity contribution is 0.0982. The van der Waals surface area contributed by atoms with E-state index >= 15 is 0 Å². The van der Waals surface area contributed by atoms with Crippen LogP contribution in [0.3, 0.4) is 0 Å². The zero-order valence-corrected chi connectivity index (χ0v) is 13.7. The zero-order chi connectivity index (χ0) is 17.4. The summed E-state index contributed by atoms with van der Waals surface area (Å²) in [6.45, 7) is 1.37. The van der Waals surface area contributed by atoms with Gasteiger partial charge in [0.2, 0.25) is 0 Å². The predicted octanol–water partition coefficient (Wildman–Crippen LogP) is 3.31. The lowest BCUT2D eigenvalue weighted by Gasteiger charge is -2.35. The zero-order valence-electron chi connectivity index (χ0n) is 13.7. The van der Waals surface area contributed by atoms with Crippen LogP contribution in [0.5, 0.6) is 0 Å². The van der Waals surface area contributed by atoms with Crippen LogP contribution >= 0.6 is 0 Å². The highest BCUT2D eigenvalue weighted by atomic mass is 19.1. The van der Waals surface area contributed by atoms with E-state index in [0.717, 1.165) is 23.5 Å². The van der Waals surface area contributed by atoms with Crippen molar-refractivity contribution in [3.05, 3.63) is 66.1 Å². The molecule has 0 aliphatic carbocycles. The number of likely N-dealkylation sites (N-methyl/N-ethyl adjacent to an activating group) is 1. The number of carbonyl (C=O) groups excluding carboxylic acids is 1. The van der Waals surface area contributed by atoms with Crippen LogP contribution in [-0.2, 0) is 0 Å². The number of hydrogen-bond donors (Lipinski definition) is 1. The van der Waals surface area contributed by atoms with Crippen LogP contribution in [0.15, 0.2) is 54.6 Å². The number of halogens is 1. The lowest BCUT2D eigenvalue weighted by atomic mass is 10.1. The van der Waals surface area contributed by atoms with E-state index in [4.69, 9.17) is 0 Å². The second kappa shape index (κ2) is 6.05. The number of nitrogens with zero attached hydrogens (tertiary/aromatic N) is 3. The molecule has 0 spiro atoms. The Bertz CT molecular complexity index is 919. The van der Waals surface area contributed by atoms with Gasteiger partial charge in [0.05, 0.1) is 17.1 Å². The highest BCUT2D eigenvalue weighted by Crippen LogP contribution is 2.32. The summed E-state index contributed by atoms with van der Waals surface area (Å²) in [5.74, 6) is -0.425. The first-order valence-corrected chi connectivity index (χ1v) is 8.07. The summed E-state index contributed by atoms with van der Waals surface area (Å²) in [5.41, 5.74) is 3.71. The smallest absolute Gasteiger partial charge is 0.276 e. The highest BCUT2D eigenvalue weighted by molar-refractivity contribution is 6.07. The molecule has 126 valence electrons. The van der Waals surface area contributed by atoms with Crippen LogP contribution in [0.4, 0.5) is 15.8 Å². The van der Waals surface area contributed by atoms with Crippen LogP contribution in [0.1, 0.15) is 10.5 Å². The molecule has 0 unspecified atom stereocenters. The summed E-state index contributed by atoms with van der Waals surface area (Å²) < 4.78 is 13.1. The molecule has 2 heterocycles. The van der Waals surface area contributed by atoms with Crippen LogP contribution in [0.25, 0.3) is 11.3 Å². The number of fused-ring (bicyclic) bond motifs is 1. The van der Waals surface area contributed by atoms with Crippen LogP contribution in [-0.4, -0.2) is 36.2 Å². The Labute approximate surface area is 144 Å². The Hall–Kier alpha value is -3.15. The number of hydrogen-bond acceptors (Lipinski definition) is 3. The number of carbonyl (C=O) groups is 1. The van der Waals surface area contributed by atoms with E-state index in [1.807, 2.05) is 31.3 Å². The number of nitrogens with one attached hydrogen (secondary N) is 1. The monoisotopic (exact) mass is 336 g/mol. The third-order valence-corrected chi connectivity index (χ3v) is 4.44. The van der Waals surface area contributed by atoms with Gasteiger partial charge in [-0.15, -0.1) is 0 Å². The van der Waals surface area contributed by atoms with Crippen molar-refractivity contribution >= 4 is 17.3 Å². The third kappa shape index (κ3) is 2.76. The Morgan fingerprint density at radius 1 is 1.08 bits per heavy atom. The molecule has 1 N–H and O–H groups in total. The molecule has 0 atom stereocenters. The fraction of sp³-hybridized carbons (Fsp3) is 0.158. The maximum Gasteiger partial charge on any atom is 0.276 e. The van der Waals surface area contributed by atoms with Crippen molar-refractivity contribution in [2.45, 2.75) is 0 Å². The third-order valence-electron chi connectivity index (χ3n) is 4.44. The summed E-state index contributed by atoms with van der Waals surface area (Å²) in [4.78, 5) is 16.8. The Balaban J connectivity index is 1.64. The maximum atomic E-state index is 13.1. The number of rotatable bonds is 2. The first-order chi connectivity index (χ1) is 12.1. The van der Waals surface area contributed by atoms with Gasteiger partial charge in [-0.1, -0.05) is 12.1 Å². The summed E-state index contributed by atoms with van der Waals surface area (Å²) in [5, 5.41) is 7.01. The molecular formula is C19H17FN4O. The molecule has 0 bridgehead atoms. The van der Waals surface area contributed by atoms with Crippen molar-refractivity contribution in [3.8, 4) is 11.3 Å². The molecule has 2 aromatic carbocycles. The van der Waals surface area contributed by atoms with Crippen LogP contribution in [0.2, 0.25) is 0 Å². The molecule has 25 heavy (non-hydrogen) atoms. The molecule has 1 amide bonds. The first kappa shape index (κ1) is 15.4. The molecule has 1 aromatic heterocycles. The molecule has 1 aliphatic rings. The summed E-state index contributed by atoms with van der Waals surface area (Å²) in [7, 11) is 2.02. The number of amides is 1. The number of anilines is 2. The first-order valence-electron chi connectivity index (χ1n) is 8.07. The number of benzene rings is 2. The van der Waals surface area contributed by atoms with Gasteiger partial charge in [0, 0.05) is 25.7 Å². The SMILES string of the molecule is CN1CCN(C(=O)c2cc(-c3ccc(F)cc3)n[nH]2)c2ccccc21. The van der Waals surface area contributed by atoms with E-state index < -0.39 is 0 Å². The van der Waals surface area contributed by atoms with Crippen LogP contribution in [0, 0.1) is 5.82 Å². The average Bonchev–Trinajstić information content (AvgIpc) is 3.12. The molecule has 1 aliphatic heterocycles. The topological polar surface area (TPSA) is 52.2 Å². The molecule has 6 heteroatoms. The van der Waals surface area contributed by atoms with Crippen LogP contribution < -0.4 is 9.80 Å². The Morgan fingerprint density at radius 3 is 2.56 bits per heavy atom. The molecule has 3 aromatic rings. The average molecular weight is 336 g/mol. The fourth-order valence-corrected chi connectivity index (χ4v) is 3.06. The van der Waals surface area contributed by atoms with Crippen molar-refractivity contribution in [3.63, 3.8) is 0 Å². The van der Waals surface area contributed by atoms with E-state index in [1.54, 1.807) is 23.1 Å². The van der Waals surface area contributed by atoms with E-state index in [2.05, 4.69) is 15.1 Å². The maximum absolute atomic E-state index is 13.1. The standard InChI is InChI=1S/C19H17FN4O/c1-23-10-11-24(18-5-3-2-4-17(18)23)19(25)16-12-15(21-22-16)13-6-8-14(20)9-7-13/h2-9,12H,10-11H2,1H3,(H,21,22).